The second-order valence-electron chi connectivity index (χ2n) is 3.62. The number of aliphatic carboxylic acids is 1. The Morgan fingerprint density at radius 1 is 1.47 bits per heavy atom. The molecular formula is C8H14O7. The van der Waals surface area contributed by atoms with E-state index in [1.165, 1.54) is 0 Å². The van der Waals surface area contributed by atoms with Crippen LogP contribution >= 0.6 is 0 Å². The van der Waals surface area contributed by atoms with Gasteiger partial charge in [-0.2, -0.15) is 0 Å². The molecule has 5 N–H and O–H groups in total. The van der Waals surface area contributed by atoms with E-state index in [4.69, 9.17) is 14.9 Å². The van der Waals surface area contributed by atoms with Crippen LogP contribution < -0.4 is 0 Å². The molecule has 1 rings (SSSR count). The summed E-state index contributed by atoms with van der Waals surface area (Å²) < 4.78 is 4.83. The summed E-state index contributed by atoms with van der Waals surface area (Å²) >= 11 is 0. The third-order valence-corrected chi connectivity index (χ3v) is 2.28. The van der Waals surface area contributed by atoms with Crippen LogP contribution in [0.3, 0.4) is 0 Å². The van der Waals surface area contributed by atoms with Crippen LogP contribution in [0.25, 0.3) is 0 Å². The van der Waals surface area contributed by atoms with E-state index in [0.717, 1.165) is 0 Å². The van der Waals surface area contributed by atoms with Gasteiger partial charge in [-0.3, -0.25) is 4.79 Å². The van der Waals surface area contributed by atoms with Crippen molar-refractivity contribution in [3.8, 4) is 0 Å². The van der Waals surface area contributed by atoms with Crippen LogP contribution in [0.2, 0.25) is 0 Å². The largest absolute Gasteiger partial charge is 0.481 e. The molecule has 0 aromatic rings. The average molecular weight is 222 g/mol. The van der Waals surface area contributed by atoms with E-state index in [9.17, 15) is 20.1 Å². The third-order valence-electron chi connectivity index (χ3n) is 2.28. The molecule has 0 unspecified atom stereocenters. The molecule has 0 amide bonds. The van der Waals surface area contributed by atoms with E-state index in [1.807, 2.05) is 0 Å². The lowest BCUT2D eigenvalue weighted by Crippen LogP contribution is -2.56. The quantitative estimate of drug-likeness (QED) is 0.362. The third kappa shape index (κ3) is 2.86. The first-order chi connectivity index (χ1) is 6.88. The van der Waals surface area contributed by atoms with Gasteiger partial charge in [0.05, 0.1) is 19.1 Å². The molecule has 88 valence electrons. The topological polar surface area (TPSA) is 127 Å². The number of carboxylic acid groups (broad SMARTS) is 1. The van der Waals surface area contributed by atoms with Crippen LogP contribution in [0, 0.1) is 0 Å². The van der Waals surface area contributed by atoms with E-state index in [2.05, 4.69) is 0 Å². The maximum atomic E-state index is 10.4. The van der Waals surface area contributed by atoms with Gasteiger partial charge in [0, 0.05) is 6.42 Å². The van der Waals surface area contributed by atoms with Crippen molar-refractivity contribution in [3.05, 3.63) is 0 Å². The minimum atomic E-state index is -2.04. The van der Waals surface area contributed by atoms with E-state index in [1.54, 1.807) is 0 Å². The molecule has 1 aliphatic heterocycles. The maximum absolute atomic E-state index is 10.4. The van der Waals surface area contributed by atoms with E-state index >= 15 is 0 Å². The van der Waals surface area contributed by atoms with Gasteiger partial charge >= 0.3 is 5.97 Å². The molecule has 0 bridgehead atoms. The Balaban J connectivity index is 2.73. The molecule has 1 aliphatic rings. The fourth-order valence-corrected chi connectivity index (χ4v) is 1.59. The van der Waals surface area contributed by atoms with E-state index < -0.39 is 49.5 Å². The number of aliphatic hydroxyl groups excluding tert-OH is 3. The number of aliphatic hydroxyl groups is 4. The highest BCUT2D eigenvalue weighted by atomic mass is 16.6. The van der Waals surface area contributed by atoms with Crippen molar-refractivity contribution in [2.24, 2.45) is 0 Å². The van der Waals surface area contributed by atoms with E-state index in [0.29, 0.717) is 0 Å². The molecule has 0 radical (unpaired) electrons. The highest BCUT2D eigenvalue weighted by Crippen LogP contribution is 2.29. The Labute approximate surface area is 85.5 Å². The highest BCUT2D eigenvalue weighted by molar-refractivity contribution is 5.67. The van der Waals surface area contributed by atoms with Crippen LogP contribution in [-0.2, 0) is 9.53 Å². The zero-order valence-electron chi connectivity index (χ0n) is 7.91. The first-order valence-corrected chi connectivity index (χ1v) is 4.47. The van der Waals surface area contributed by atoms with Gasteiger partial charge in [-0.25, -0.2) is 0 Å². The Bertz CT molecular complexity index is 243. The SMILES string of the molecule is O=C(O)C[C@@]1(O)C[C@@H](O)[C@@H](O)[C@@H](CO)O1. The fraction of sp³-hybridized carbons (Fsp3) is 0.875. The van der Waals surface area contributed by atoms with Gasteiger partial charge in [-0.05, 0) is 0 Å². The Morgan fingerprint density at radius 3 is 2.53 bits per heavy atom. The number of hydrogen-bond donors (Lipinski definition) is 5. The van der Waals surface area contributed by atoms with Crippen molar-refractivity contribution in [2.75, 3.05) is 6.61 Å². The van der Waals surface area contributed by atoms with Crippen molar-refractivity contribution in [1.82, 2.24) is 0 Å². The number of rotatable bonds is 3. The standard InChI is InChI=1S/C8H14O7/c9-3-5-7(13)4(10)1-8(14,15-5)2-6(11)12/h4-5,7,9-10,13-14H,1-3H2,(H,11,12)/t4-,5-,7-,8-/m1/s1. The smallest absolute Gasteiger partial charge is 0.308 e. The average Bonchev–Trinajstić information content (AvgIpc) is 2.09. The molecular weight excluding hydrogens is 208 g/mol. The first kappa shape index (κ1) is 12.3. The number of carbonyl (C=O) groups is 1. The Morgan fingerprint density at radius 2 is 2.07 bits per heavy atom. The van der Waals surface area contributed by atoms with Gasteiger partial charge in [0.1, 0.15) is 12.2 Å². The summed E-state index contributed by atoms with van der Waals surface area (Å²) in [5, 5.41) is 45.6. The van der Waals surface area contributed by atoms with Gasteiger partial charge in [-0.1, -0.05) is 0 Å². The van der Waals surface area contributed by atoms with Gasteiger partial charge < -0.3 is 30.3 Å². The minimum Gasteiger partial charge on any atom is -0.481 e. The van der Waals surface area contributed by atoms with Crippen LogP contribution in [-0.4, -0.2) is 62.2 Å². The lowest BCUT2D eigenvalue weighted by atomic mass is 9.94. The molecule has 1 heterocycles. The molecule has 0 saturated carbocycles. The molecule has 0 spiro atoms. The Hall–Kier alpha value is -0.730. The number of hydrogen-bond acceptors (Lipinski definition) is 6. The van der Waals surface area contributed by atoms with Crippen molar-refractivity contribution in [3.63, 3.8) is 0 Å². The van der Waals surface area contributed by atoms with Crippen LogP contribution in [0.4, 0.5) is 0 Å². The molecule has 0 aliphatic carbocycles. The summed E-state index contributed by atoms with van der Waals surface area (Å²) in [4.78, 5) is 10.4. The predicted octanol–water partition coefficient (Wildman–Crippen LogP) is -2.35. The molecule has 1 fully saturated rings. The monoisotopic (exact) mass is 222 g/mol. The van der Waals surface area contributed by atoms with E-state index in [-0.39, 0.29) is 0 Å². The first-order valence-electron chi connectivity index (χ1n) is 4.47. The molecule has 15 heavy (non-hydrogen) atoms. The molecule has 0 aromatic heterocycles. The lowest BCUT2D eigenvalue weighted by molar-refractivity contribution is -0.305. The normalized spacial score (nSPS) is 41.5. The van der Waals surface area contributed by atoms with Gasteiger partial charge in [0.15, 0.2) is 5.79 Å². The Kier molecular flexibility index (Phi) is 3.63. The molecule has 0 aromatic carbocycles. The van der Waals surface area contributed by atoms with Gasteiger partial charge in [-0.15, -0.1) is 0 Å². The summed E-state index contributed by atoms with van der Waals surface area (Å²) in [6.07, 6.45) is -4.95. The lowest BCUT2D eigenvalue weighted by Gasteiger charge is -2.41. The molecule has 7 nitrogen and oxygen atoms in total. The minimum absolute atomic E-state index is 0.406. The summed E-state index contributed by atoms with van der Waals surface area (Å²) in [5.41, 5.74) is 0. The van der Waals surface area contributed by atoms with Crippen molar-refractivity contribution < 1.29 is 35.1 Å². The van der Waals surface area contributed by atoms with Crippen LogP contribution in [0.5, 0.6) is 0 Å². The van der Waals surface area contributed by atoms with Crippen molar-refractivity contribution >= 4 is 5.97 Å². The summed E-state index contributed by atoms with van der Waals surface area (Å²) in [6.45, 7) is -0.611. The number of ether oxygens (including phenoxy) is 1. The number of carboxylic acids is 1. The highest BCUT2D eigenvalue weighted by Gasteiger charge is 2.46. The second-order valence-corrected chi connectivity index (χ2v) is 3.62. The predicted molar refractivity (Wildman–Crippen MR) is 45.8 cm³/mol. The van der Waals surface area contributed by atoms with Crippen molar-refractivity contribution in [2.45, 2.75) is 36.9 Å². The summed E-state index contributed by atoms with van der Waals surface area (Å²) in [5.74, 6) is -3.34. The summed E-state index contributed by atoms with van der Waals surface area (Å²) in [7, 11) is 0. The van der Waals surface area contributed by atoms with Gasteiger partial charge in [0.25, 0.3) is 0 Å². The van der Waals surface area contributed by atoms with Crippen molar-refractivity contribution in [1.29, 1.82) is 0 Å². The second kappa shape index (κ2) is 4.42. The fourth-order valence-electron chi connectivity index (χ4n) is 1.59. The molecule has 4 atom stereocenters. The zero-order valence-corrected chi connectivity index (χ0v) is 7.91. The van der Waals surface area contributed by atoms with Crippen LogP contribution in [0.15, 0.2) is 0 Å². The maximum Gasteiger partial charge on any atom is 0.308 e. The molecule has 1 saturated heterocycles. The summed E-state index contributed by atoms with van der Waals surface area (Å²) in [6, 6.07) is 0. The molecule has 7 heteroatoms. The van der Waals surface area contributed by atoms with Gasteiger partial charge in [0.2, 0.25) is 0 Å². The zero-order chi connectivity index (χ0) is 11.6. The van der Waals surface area contributed by atoms with Crippen LogP contribution in [0.1, 0.15) is 12.8 Å².